The van der Waals surface area contributed by atoms with Crippen LogP contribution in [-0.2, 0) is 11.2 Å². The first-order chi connectivity index (χ1) is 16.0. The zero-order chi connectivity index (χ0) is 23.2. The number of aromatic amines is 1. The molecule has 3 N–H and O–H groups in total. The second-order valence-electron chi connectivity index (χ2n) is 8.28. The maximum Gasteiger partial charge on any atom is 0.251 e. The number of nitrogens with one attached hydrogen (secondary N) is 3. The average molecular weight is 467 g/mol. The van der Waals surface area contributed by atoms with Crippen molar-refractivity contribution in [1.29, 1.82) is 0 Å². The van der Waals surface area contributed by atoms with Crippen molar-refractivity contribution in [2.75, 3.05) is 26.2 Å². The highest BCUT2D eigenvalue weighted by atomic mass is 35.5. The lowest BCUT2D eigenvalue weighted by Gasteiger charge is -2.21. The molecule has 1 aliphatic heterocycles. The molecule has 7 nitrogen and oxygen atoms in total. The summed E-state index contributed by atoms with van der Waals surface area (Å²) in [4.78, 5) is 43.3. The second-order valence-corrected chi connectivity index (χ2v) is 8.72. The lowest BCUT2D eigenvalue weighted by molar-refractivity contribution is -0.123. The normalized spacial score (nSPS) is 14.8. The Morgan fingerprint density at radius 2 is 1.79 bits per heavy atom. The third kappa shape index (κ3) is 6.00. The zero-order valence-corrected chi connectivity index (χ0v) is 19.0. The molecule has 3 aromatic rings. The van der Waals surface area contributed by atoms with E-state index in [1.54, 1.807) is 24.3 Å². The molecule has 33 heavy (non-hydrogen) atoms. The lowest BCUT2D eigenvalue weighted by Crippen LogP contribution is -2.49. The highest BCUT2D eigenvalue weighted by Gasteiger charge is 2.23. The molecule has 0 spiro atoms. The number of amides is 2. The zero-order valence-electron chi connectivity index (χ0n) is 18.3. The molecule has 1 aromatic heterocycles. The van der Waals surface area contributed by atoms with E-state index < -0.39 is 6.04 Å². The van der Waals surface area contributed by atoms with Gasteiger partial charge in [0, 0.05) is 47.1 Å². The Kier molecular flexibility index (Phi) is 7.42. The number of hydrogen-bond donors (Lipinski definition) is 3. The van der Waals surface area contributed by atoms with Crippen molar-refractivity contribution in [2.24, 2.45) is 0 Å². The summed E-state index contributed by atoms with van der Waals surface area (Å²) in [7, 11) is 0. The maximum atomic E-state index is 13.1. The van der Waals surface area contributed by atoms with E-state index in [0.717, 1.165) is 25.0 Å². The van der Waals surface area contributed by atoms with Crippen LogP contribution in [0.15, 0.2) is 59.4 Å². The monoisotopic (exact) mass is 466 g/mol. The minimum atomic E-state index is -0.836. The molecule has 0 radical (unpaired) electrons. The predicted octanol–water partition coefficient (Wildman–Crippen LogP) is 2.73. The van der Waals surface area contributed by atoms with Gasteiger partial charge < -0.3 is 20.5 Å². The van der Waals surface area contributed by atoms with Gasteiger partial charge in [-0.2, -0.15) is 0 Å². The van der Waals surface area contributed by atoms with Crippen molar-refractivity contribution >= 4 is 34.3 Å². The standard InChI is InChI=1S/C25H27ClN4O3/c26-19-9-7-17(8-10-19)24(32)29-22(25(33)27-11-14-30-12-3-4-13-30)15-18-16-23(31)28-21-6-2-1-5-20(18)21/h1-2,5-10,16,22H,3-4,11-15H2,(H,27,33)(H,28,31)(H,29,32). The Hall–Kier alpha value is -3.16. The van der Waals surface area contributed by atoms with Gasteiger partial charge in [-0.25, -0.2) is 0 Å². The molecule has 2 aromatic carbocycles. The Morgan fingerprint density at radius 3 is 2.55 bits per heavy atom. The molecular weight excluding hydrogens is 440 g/mol. The smallest absolute Gasteiger partial charge is 0.251 e. The van der Waals surface area contributed by atoms with E-state index in [1.165, 1.54) is 18.9 Å². The van der Waals surface area contributed by atoms with E-state index in [0.29, 0.717) is 28.2 Å². The quantitative estimate of drug-likeness (QED) is 0.475. The van der Waals surface area contributed by atoms with E-state index in [1.807, 2.05) is 24.3 Å². The number of carbonyl (C=O) groups excluding carboxylic acids is 2. The summed E-state index contributed by atoms with van der Waals surface area (Å²) in [6.07, 6.45) is 2.56. The number of carbonyl (C=O) groups is 2. The van der Waals surface area contributed by atoms with Crippen LogP contribution in [0.2, 0.25) is 5.02 Å². The molecule has 1 aliphatic rings. The van der Waals surface area contributed by atoms with Gasteiger partial charge in [-0.05, 0) is 61.8 Å². The van der Waals surface area contributed by atoms with E-state index in [-0.39, 0.29) is 23.8 Å². The number of nitrogens with zero attached hydrogens (tertiary/aromatic N) is 1. The van der Waals surface area contributed by atoms with Crippen molar-refractivity contribution < 1.29 is 9.59 Å². The fourth-order valence-corrected chi connectivity index (χ4v) is 4.31. The maximum absolute atomic E-state index is 13.1. The first-order valence-electron chi connectivity index (χ1n) is 11.2. The molecule has 172 valence electrons. The minimum Gasteiger partial charge on any atom is -0.353 e. The number of H-pyrrole nitrogens is 1. The summed E-state index contributed by atoms with van der Waals surface area (Å²) in [5.41, 5.74) is 1.55. The van der Waals surface area contributed by atoms with Gasteiger partial charge in [0.15, 0.2) is 0 Å². The van der Waals surface area contributed by atoms with E-state index in [9.17, 15) is 14.4 Å². The summed E-state index contributed by atoms with van der Waals surface area (Å²) >= 11 is 5.93. The van der Waals surface area contributed by atoms with Crippen molar-refractivity contribution in [1.82, 2.24) is 20.5 Å². The Labute approximate surface area is 197 Å². The average Bonchev–Trinajstić information content (AvgIpc) is 3.32. The molecule has 2 heterocycles. The number of rotatable bonds is 8. The number of benzene rings is 2. The number of aromatic nitrogens is 1. The largest absolute Gasteiger partial charge is 0.353 e. The predicted molar refractivity (Wildman–Crippen MR) is 130 cm³/mol. The molecule has 1 atom stereocenters. The molecule has 2 amide bonds. The molecule has 1 fully saturated rings. The molecule has 0 aliphatic carbocycles. The topological polar surface area (TPSA) is 94.3 Å². The van der Waals surface area contributed by atoms with Crippen molar-refractivity contribution in [3.8, 4) is 0 Å². The SMILES string of the molecule is O=C(NC(Cc1cc(=O)[nH]c2ccccc12)C(=O)NCCN1CCCC1)c1ccc(Cl)cc1. The summed E-state index contributed by atoms with van der Waals surface area (Å²) < 4.78 is 0. The highest BCUT2D eigenvalue weighted by molar-refractivity contribution is 6.30. The van der Waals surface area contributed by atoms with Crippen LogP contribution in [0, 0.1) is 0 Å². The van der Waals surface area contributed by atoms with Crippen LogP contribution in [-0.4, -0.2) is 53.9 Å². The van der Waals surface area contributed by atoms with Crippen LogP contribution in [0.25, 0.3) is 10.9 Å². The highest BCUT2D eigenvalue weighted by Crippen LogP contribution is 2.17. The summed E-state index contributed by atoms with van der Waals surface area (Å²) in [6.45, 7) is 3.37. The van der Waals surface area contributed by atoms with Crippen LogP contribution < -0.4 is 16.2 Å². The second kappa shape index (κ2) is 10.6. The molecule has 1 unspecified atom stereocenters. The van der Waals surface area contributed by atoms with Crippen molar-refractivity contribution in [2.45, 2.75) is 25.3 Å². The van der Waals surface area contributed by atoms with Gasteiger partial charge in [0.05, 0.1) is 0 Å². The first kappa shape index (κ1) is 23.0. The number of pyridine rings is 1. The van der Waals surface area contributed by atoms with Crippen LogP contribution in [0.5, 0.6) is 0 Å². The summed E-state index contributed by atoms with van der Waals surface area (Å²) in [5.74, 6) is -0.652. The van der Waals surface area contributed by atoms with E-state index in [4.69, 9.17) is 11.6 Å². The number of fused-ring (bicyclic) bond motifs is 1. The molecule has 0 bridgehead atoms. The van der Waals surface area contributed by atoms with E-state index in [2.05, 4.69) is 20.5 Å². The number of likely N-dealkylation sites (tertiary alicyclic amines) is 1. The molecule has 1 saturated heterocycles. The van der Waals surface area contributed by atoms with Crippen molar-refractivity contribution in [3.63, 3.8) is 0 Å². The van der Waals surface area contributed by atoms with E-state index >= 15 is 0 Å². The summed E-state index contributed by atoms with van der Waals surface area (Å²) in [6, 6.07) is 14.6. The fraction of sp³-hybridized carbons (Fsp3) is 0.320. The number of halogens is 1. The van der Waals surface area contributed by atoms with Gasteiger partial charge in [0.25, 0.3) is 5.91 Å². The van der Waals surface area contributed by atoms with Gasteiger partial charge in [-0.3, -0.25) is 14.4 Å². The van der Waals surface area contributed by atoms with Crippen molar-refractivity contribution in [3.05, 3.63) is 81.1 Å². The number of para-hydroxylation sites is 1. The molecular formula is C25H27ClN4O3. The molecule has 8 heteroatoms. The minimum absolute atomic E-state index is 0.194. The lowest BCUT2D eigenvalue weighted by atomic mass is 10.0. The van der Waals surface area contributed by atoms with Crippen LogP contribution in [0.3, 0.4) is 0 Å². The van der Waals surface area contributed by atoms with Gasteiger partial charge in [-0.15, -0.1) is 0 Å². The van der Waals surface area contributed by atoms with Crippen LogP contribution in [0.4, 0.5) is 0 Å². The Balaban J connectivity index is 1.54. The third-order valence-corrected chi connectivity index (χ3v) is 6.17. The van der Waals surface area contributed by atoms with Gasteiger partial charge in [0.1, 0.15) is 6.04 Å². The molecule has 4 rings (SSSR count). The number of hydrogen-bond acceptors (Lipinski definition) is 4. The Morgan fingerprint density at radius 1 is 1.06 bits per heavy atom. The van der Waals surface area contributed by atoms with Crippen LogP contribution >= 0.6 is 11.6 Å². The van der Waals surface area contributed by atoms with Gasteiger partial charge in [0.2, 0.25) is 11.5 Å². The van der Waals surface area contributed by atoms with Crippen LogP contribution in [0.1, 0.15) is 28.8 Å². The summed E-state index contributed by atoms with van der Waals surface area (Å²) in [5, 5.41) is 7.17. The Bertz CT molecular complexity index is 1190. The fourth-order valence-electron chi connectivity index (χ4n) is 4.18. The van der Waals surface area contributed by atoms with Gasteiger partial charge >= 0.3 is 0 Å². The first-order valence-corrected chi connectivity index (χ1v) is 11.5. The molecule has 0 saturated carbocycles. The van der Waals surface area contributed by atoms with Gasteiger partial charge in [-0.1, -0.05) is 29.8 Å². The third-order valence-electron chi connectivity index (χ3n) is 5.91.